The minimum absolute atomic E-state index is 0.0919. The third-order valence-corrected chi connectivity index (χ3v) is 6.21. The van der Waals surface area contributed by atoms with Crippen molar-refractivity contribution in [3.63, 3.8) is 0 Å². The van der Waals surface area contributed by atoms with E-state index in [-0.39, 0.29) is 5.91 Å². The Labute approximate surface area is 226 Å². The lowest BCUT2D eigenvalue weighted by Crippen LogP contribution is -2.16. The molecule has 2 aromatic carbocycles. The van der Waals surface area contributed by atoms with Gasteiger partial charge in [0, 0.05) is 11.4 Å². The average Bonchev–Trinajstić information content (AvgIpc) is 2.89. The van der Waals surface area contributed by atoms with E-state index in [2.05, 4.69) is 17.5 Å². The zero-order valence-corrected chi connectivity index (χ0v) is 23.0. The van der Waals surface area contributed by atoms with Crippen molar-refractivity contribution in [1.29, 1.82) is 0 Å². The molecule has 2 aromatic rings. The number of nitrogens with one attached hydrogen (secondary N) is 1. The van der Waals surface area contributed by atoms with Crippen LogP contribution in [0.3, 0.4) is 0 Å². The topological polar surface area (TPSA) is 77.0 Å². The number of unbranched alkanes of at least 4 members (excludes halogenated alkanes) is 10. The number of ether oxygens (including phenoxy) is 2. The van der Waals surface area contributed by atoms with E-state index in [0.717, 1.165) is 12.8 Å². The minimum atomic E-state index is -0.506. The quantitative estimate of drug-likeness (QED) is 0.0696. The van der Waals surface area contributed by atoms with Crippen molar-refractivity contribution in [2.75, 3.05) is 6.61 Å². The molecule has 0 aliphatic carbocycles. The monoisotopic (exact) mass is 528 g/mol. The van der Waals surface area contributed by atoms with E-state index in [1.165, 1.54) is 57.8 Å². The Morgan fingerprint density at radius 1 is 0.838 bits per heavy atom. The lowest BCUT2D eigenvalue weighted by Gasteiger charge is -2.11. The summed E-state index contributed by atoms with van der Waals surface area (Å²) in [5.41, 5.74) is 3.68. The van der Waals surface area contributed by atoms with Crippen molar-refractivity contribution in [2.24, 2.45) is 5.10 Å². The third-order valence-electron chi connectivity index (χ3n) is 5.96. The number of hydrogen-bond acceptors (Lipinski definition) is 5. The number of halogens is 1. The summed E-state index contributed by atoms with van der Waals surface area (Å²) < 4.78 is 11.1. The van der Waals surface area contributed by atoms with E-state index >= 15 is 0 Å². The molecule has 0 saturated carbocycles. The first-order valence-corrected chi connectivity index (χ1v) is 14.0. The second-order valence-electron chi connectivity index (χ2n) is 9.11. The number of rotatable bonds is 18. The maximum absolute atomic E-state index is 12.4. The van der Waals surface area contributed by atoms with E-state index in [4.69, 9.17) is 21.1 Å². The fourth-order valence-corrected chi connectivity index (χ4v) is 4.01. The van der Waals surface area contributed by atoms with E-state index in [1.54, 1.807) is 48.7 Å². The Bertz CT molecular complexity index is 976. The molecule has 0 aliphatic heterocycles. The molecule has 1 amide bonds. The SMILES string of the molecule is CCCCCCCCCCCCCC(=O)N/N=C/c1ccc(OC(=O)c2ccc(Cl)cc2)c(OCC)c1. The number of hydrogen-bond donors (Lipinski definition) is 1. The number of hydrazone groups is 1. The Kier molecular flexibility index (Phi) is 15.1. The van der Waals surface area contributed by atoms with Gasteiger partial charge in [-0.05, 0) is 61.4 Å². The molecule has 37 heavy (non-hydrogen) atoms. The second-order valence-corrected chi connectivity index (χ2v) is 9.55. The molecule has 0 fully saturated rings. The lowest BCUT2D eigenvalue weighted by molar-refractivity contribution is -0.121. The number of nitrogens with zero attached hydrogens (tertiary/aromatic N) is 1. The molecule has 0 atom stereocenters. The molecule has 0 radical (unpaired) electrons. The zero-order valence-electron chi connectivity index (χ0n) is 22.3. The fourth-order valence-electron chi connectivity index (χ4n) is 3.89. The van der Waals surface area contributed by atoms with Crippen molar-refractivity contribution in [3.8, 4) is 11.5 Å². The highest BCUT2D eigenvalue weighted by atomic mass is 35.5. The fraction of sp³-hybridized carbons (Fsp3) is 0.500. The van der Waals surface area contributed by atoms with Crippen molar-refractivity contribution in [1.82, 2.24) is 5.43 Å². The van der Waals surface area contributed by atoms with Gasteiger partial charge in [-0.2, -0.15) is 5.10 Å². The summed E-state index contributed by atoms with van der Waals surface area (Å²) in [6.07, 6.45) is 15.8. The highest BCUT2D eigenvalue weighted by molar-refractivity contribution is 6.30. The van der Waals surface area contributed by atoms with Gasteiger partial charge in [-0.25, -0.2) is 10.2 Å². The molecule has 0 spiro atoms. The van der Waals surface area contributed by atoms with Gasteiger partial charge < -0.3 is 9.47 Å². The van der Waals surface area contributed by atoms with Gasteiger partial charge in [0.25, 0.3) is 0 Å². The molecule has 7 heteroatoms. The minimum Gasteiger partial charge on any atom is -0.490 e. The average molecular weight is 529 g/mol. The van der Waals surface area contributed by atoms with Crippen molar-refractivity contribution >= 4 is 29.7 Å². The van der Waals surface area contributed by atoms with E-state index in [1.807, 2.05) is 6.92 Å². The molecule has 1 N–H and O–H groups in total. The summed E-state index contributed by atoms with van der Waals surface area (Å²) in [7, 11) is 0. The number of carbonyl (C=O) groups is 2. The van der Waals surface area contributed by atoms with E-state index in [9.17, 15) is 9.59 Å². The summed E-state index contributed by atoms with van der Waals surface area (Å²) in [6.45, 7) is 4.50. The van der Waals surface area contributed by atoms with Gasteiger partial charge in [0.1, 0.15) is 0 Å². The molecule has 0 heterocycles. The maximum atomic E-state index is 12.4. The zero-order chi connectivity index (χ0) is 26.7. The smallest absolute Gasteiger partial charge is 0.343 e. The van der Waals surface area contributed by atoms with Gasteiger partial charge >= 0.3 is 5.97 Å². The van der Waals surface area contributed by atoms with Crippen molar-refractivity contribution in [3.05, 3.63) is 58.6 Å². The van der Waals surface area contributed by atoms with Crippen LogP contribution < -0.4 is 14.9 Å². The van der Waals surface area contributed by atoms with Crippen LogP contribution in [0.1, 0.15) is 107 Å². The molecule has 0 bridgehead atoms. The van der Waals surface area contributed by atoms with Gasteiger partial charge in [-0.3, -0.25) is 4.79 Å². The largest absolute Gasteiger partial charge is 0.490 e. The molecule has 6 nitrogen and oxygen atoms in total. The summed E-state index contributed by atoms with van der Waals surface area (Å²) in [6, 6.07) is 11.6. The number of carbonyl (C=O) groups excluding carboxylic acids is 2. The number of amides is 1. The summed E-state index contributed by atoms with van der Waals surface area (Å²) >= 11 is 5.88. The summed E-state index contributed by atoms with van der Waals surface area (Å²) in [5, 5.41) is 4.60. The van der Waals surface area contributed by atoms with Crippen LogP contribution in [0.2, 0.25) is 5.02 Å². The number of esters is 1. The normalized spacial score (nSPS) is 11.0. The lowest BCUT2D eigenvalue weighted by atomic mass is 10.1. The standard InChI is InChI=1S/C30H41ClN2O4/c1-3-5-6-7-8-9-10-11-12-13-14-15-29(34)33-32-23-24-16-21-27(28(22-24)36-4-2)37-30(35)25-17-19-26(31)20-18-25/h16-23H,3-15H2,1-2H3,(H,33,34)/b32-23+. The van der Waals surface area contributed by atoms with Gasteiger partial charge in [0.05, 0.1) is 18.4 Å². The van der Waals surface area contributed by atoms with E-state index < -0.39 is 5.97 Å². The van der Waals surface area contributed by atoms with Crippen molar-refractivity contribution in [2.45, 2.75) is 90.9 Å². The molecular weight excluding hydrogens is 488 g/mol. The van der Waals surface area contributed by atoms with Crippen LogP contribution >= 0.6 is 11.6 Å². The Hall–Kier alpha value is -2.86. The van der Waals surface area contributed by atoms with Crippen molar-refractivity contribution < 1.29 is 19.1 Å². The molecule has 0 aliphatic rings. The van der Waals surface area contributed by atoms with Crippen LogP contribution in [0.15, 0.2) is 47.6 Å². The number of benzene rings is 2. The Morgan fingerprint density at radius 2 is 1.46 bits per heavy atom. The predicted octanol–water partition coefficient (Wildman–Crippen LogP) is 8.11. The molecule has 0 unspecified atom stereocenters. The summed E-state index contributed by atoms with van der Waals surface area (Å²) in [4.78, 5) is 24.5. The highest BCUT2D eigenvalue weighted by Gasteiger charge is 2.13. The second kappa shape index (κ2) is 18.4. The maximum Gasteiger partial charge on any atom is 0.343 e. The van der Waals surface area contributed by atoms with E-state index in [0.29, 0.717) is 40.7 Å². The molecular formula is C30H41ClN2O4. The van der Waals surface area contributed by atoms with Crippen LogP contribution in [0.4, 0.5) is 0 Å². The van der Waals surface area contributed by atoms with Crippen LogP contribution in [0, 0.1) is 0 Å². The molecule has 0 saturated heterocycles. The molecule has 0 aromatic heterocycles. The molecule has 2 rings (SSSR count). The third kappa shape index (κ3) is 12.8. The Balaban J connectivity index is 1.70. The van der Waals surface area contributed by atoms with Gasteiger partial charge in [0.2, 0.25) is 5.91 Å². The first kappa shape index (κ1) is 30.4. The van der Waals surface area contributed by atoms with Crippen LogP contribution in [-0.2, 0) is 4.79 Å². The Morgan fingerprint density at radius 3 is 2.08 bits per heavy atom. The van der Waals surface area contributed by atoms with Gasteiger partial charge in [-0.15, -0.1) is 0 Å². The molecule has 202 valence electrons. The van der Waals surface area contributed by atoms with Gasteiger partial charge in [-0.1, -0.05) is 82.7 Å². The summed E-state index contributed by atoms with van der Waals surface area (Å²) in [5.74, 6) is 0.125. The first-order chi connectivity index (χ1) is 18.0. The van der Waals surface area contributed by atoms with Crippen LogP contribution in [-0.4, -0.2) is 24.7 Å². The van der Waals surface area contributed by atoms with Crippen LogP contribution in [0.5, 0.6) is 11.5 Å². The highest BCUT2D eigenvalue weighted by Crippen LogP contribution is 2.29. The predicted molar refractivity (Wildman–Crippen MR) is 151 cm³/mol. The first-order valence-electron chi connectivity index (χ1n) is 13.6. The van der Waals surface area contributed by atoms with Gasteiger partial charge in [0.15, 0.2) is 11.5 Å². The van der Waals surface area contributed by atoms with Crippen LogP contribution in [0.25, 0.3) is 0 Å².